The minimum absolute atomic E-state index is 0.0899. The van der Waals surface area contributed by atoms with E-state index >= 15 is 0 Å². The lowest BCUT2D eigenvalue weighted by Gasteiger charge is -2.08. The number of amides is 1. The van der Waals surface area contributed by atoms with E-state index in [-0.39, 0.29) is 11.7 Å². The molecule has 0 saturated heterocycles. The van der Waals surface area contributed by atoms with Crippen molar-refractivity contribution in [2.24, 2.45) is 0 Å². The third-order valence-electron chi connectivity index (χ3n) is 2.50. The van der Waals surface area contributed by atoms with Gasteiger partial charge in [0.15, 0.2) is 11.6 Å². The molecule has 0 atom stereocenters. The number of hydrogen-bond acceptors (Lipinski definition) is 2. The first kappa shape index (κ1) is 13.5. The van der Waals surface area contributed by atoms with E-state index in [1.54, 1.807) is 18.2 Å². The summed E-state index contributed by atoms with van der Waals surface area (Å²) in [5, 5.41) is 2.68. The molecule has 2 rings (SSSR count). The van der Waals surface area contributed by atoms with Gasteiger partial charge in [-0.2, -0.15) is 0 Å². The van der Waals surface area contributed by atoms with Crippen LogP contribution in [0.2, 0.25) is 0 Å². The van der Waals surface area contributed by atoms with Crippen LogP contribution in [0.5, 0.6) is 5.75 Å². The van der Waals surface area contributed by atoms with Crippen LogP contribution in [-0.4, -0.2) is 13.0 Å². The summed E-state index contributed by atoms with van der Waals surface area (Å²) in [7, 11) is 1.37. The van der Waals surface area contributed by atoms with E-state index in [1.807, 2.05) is 6.07 Å². The number of ether oxygens (including phenoxy) is 1. The number of carbonyl (C=O) groups is 1. The van der Waals surface area contributed by atoms with E-state index in [9.17, 15) is 9.18 Å². The summed E-state index contributed by atoms with van der Waals surface area (Å²) in [5.41, 5.74) is 0.987. The maximum atomic E-state index is 13.2. The van der Waals surface area contributed by atoms with E-state index in [4.69, 9.17) is 4.74 Å². The van der Waals surface area contributed by atoms with Crippen LogP contribution in [-0.2, 0) is 0 Å². The molecule has 0 unspecified atom stereocenters. The fourth-order valence-electron chi connectivity index (χ4n) is 1.57. The monoisotopic (exact) mass is 323 g/mol. The molecular formula is C14H11BrFNO2. The summed E-state index contributed by atoms with van der Waals surface area (Å²) >= 11 is 3.30. The molecule has 0 fully saturated rings. The van der Waals surface area contributed by atoms with Crippen LogP contribution in [0.4, 0.5) is 10.1 Å². The second-order valence-electron chi connectivity index (χ2n) is 3.81. The van der Waals surface area contributed by atoms with Crippen LogP contribution < -0.4 is 10.1 Å². The quantitative estimate of drug-likeness (QED) is 0.931. The van der Waals surface area contributed by atoms with Gasteiger partial charge in [-0.3, -0.25) is 4.79 Å². The van der Waals surface area contributed by atoms with Crippen molar-refractivity contribution in [3.8, 4) is 5.75 Å². The van der Waals surface area contributed by atoms with Gasteiger partial charge in [0.2, 0.25) is 0 Å². The highest BCUT2D eigenvalue weighted by molar-refractivity contribution is 9.10. The highest BCUT2D eigenvalue weighted by Gasteiger charge is 2.08. The average Bonchev–Trinajstić information content (AvgIpc) is 2.41. The van der Waals surface area contributed by atoms with Gasteiger partial charge in [-0.1, -0.05) is 22.0 Å². The molecule has 0 aliphatic rings. The van der Waals surface area contributed by atoms with E-state index in [0.29, 0.717) is 11.3 Å². The highest BCUT2D eigenvalue weighted by atomic mass is 79.9. The third-order valence-corrected chi connectivity index (χ3v) is 2.99. The number of methoxy groups -OCH3 is 1. The summed E-state index contributed by atoms with van der Waals surface area (Å²) in [4.78, 5) is 12.0. The second-order valence-corrected chi connectivity index (χ2v) is 4.73. The molecule has 2 aromatic carbocycles. The maximum absolute atomic E-state index is 13.2. The molecule has 0 aliphatic heterocycles. The van der Waals surface area contributed by atoms with Crippen molar-refractivity contribution in [2.45, 2.75) is 0 Å². The second kappa shape index (κ2) is 5.84. The van der Waals surface area contributed by atoms with Crippen LogP contribution >= 0.6 is 15.9 Å². The molecule has 1 N–H and O–H groups in total. The zero-order valence-electron chi connectivity index (χ0n) is 10.1. The SMILES string of the molecule is COc1cc(NC(=O)c2cccc(Br)c2)ccc1F. The summed E-state index contributed by atoms with van der Waals surface area (Å²) < 4.78 is 18.9. The van der Waals surface area contributed by atoms with Crippen LogP contribution in [0.3, 0.4) is 0 Å². The number of rotatable bonds is 3. The van der Waals surface area contributed by atoms with Gasteiger partial charge in [-0.05, 0) is 30.3 Å². The molecule has 5 heteroatoms. The predicted molar refractivity (Wildman–Crippen MR) is 75.0 cm³/mol. The Hall–Kier alpha value is -1.88. The van der Waals surface area contributed by atoms with Crippen molar-refractivity contribution in [3.05, 3.63) is 58.3 Å². The van der Waals surface area contributed by atoms with E-state index in [2.05, 4.69) is 21.2 Å². The summed E-state index contributed by atoms with van der Waals surface area (Å²) in [6.45, 7) is 0. The molecule has 0 radical (unpaired) electrons. The minimum atomic E-state index is -0.469. The molecular weight excluding hydrogens is 313 g/mol. The fraction of sp³-hybridized carbons (Fsp3) is 0.0714. The molecule has 2 aromatic rings. The Morgan fingerprint density at radius 2 is 2.05 bits per heavy atom. The summed E-state index contributed by atoms with van der Waals surface area (Å²) in [5.74, 6) is -0.648. The lowest BCUT2D eigenvalue weighted by molar-refractivity contribution is 0.102. The number of benzene rings is 2. The van der Waals surface area contributed by atoms with E-state index in [1.165, 1.54) is 25.3 Å². The average molecular weight is 324 g/mol. The highest BCUT2D eigenvalue weighted by Crippen LogP contribution is 2.22. The standard InChI is InChI=1S/C14H11BrFNO2/c1-19-13-8-11(5-6-12(13)16)17-14(18)9-3-2-4-10(15)7-9/h2-8H,1H3,(H,17,18). The van der Waals surface area contributed by atoms with Crippen molar-refractivity contribution in [2.75, 3.05) is 12.4 Å². The first-order chi connectivity index (χ1) is 9.10. The topological polar surface area (TPSA) is 38.3 Å². The Morgan fingerprint density at radius 3 is 2.74 bits per heavy atom. The van der Waals surface area contributed by atoms with Gasteiger partial charge >= 0.3 is 0 Å². The van der Waals surface area contributed by atoms with Crippen molar-refractivity contribution in [1.82, 2.24) is 0 Å². The number of nitrogens with one attached hydrogen (secondary N) is 1. The zero-order valence-corrected chi connectivity index (χ0v) is 11.7. The largest absolute Gasteiger partial charge is 0.494 e. The summed E-state index contributed by atoms with van der Waals surface area (Å²) in [6, 6.07) is 11.2. The van der Waals surface area contributed by atoms with Crippen molar-refractivity contribution < 1.29 is 13.9 Å². The Morgan fingerprint density at radius 1 is 1.26 bits per heavy atom. The smallest absolute Gasteiger partial charge is 0.255 e. The molecule has 0 aromatic heterocycles. The van der Waals surface area contributed by atoms with Gasteiger partial charge in [0, 0.05) is 21.8 Å². The Balaban J connectivity index is 2.19. The van der Waals surface area contributed by atoms with Gasteiger partial charge in [0.05, 0.1) is 7.11 Å². The first-order valence-corrected chi connectivity index (χ1v) is 6.30. The van der Waals surface area contributed by atoms with Crippen LogP contribution in [0.15, 0.2) is 46.9 Å². The Labute approximate surface area is 118 Å². The van der Waals surface area contributed by atoms with Crippen molar-refractivity contribution in [3.63, 3.8) is 0 Å². The zero-order chi connectivity index (χ0) is 13.8. The van der Waals surface area contributed by atoms with Crippen molar-refractivity contribution in [1.29, 1.82) is 0 Å². The van der Waals surface area contributed by atoms with Crippen LogP contribution in [0.1, 0.15) is 10.4 Å². The third kappa shape index (κ3) is 3.32. The number of carbonyl (C=O) groups excluding carboxylic acids is 1. The molecule has 98 valence electrons. The lowest BCUT2D eigenvalue weighted by atomic mass is 10.2. The summed E-state index contributed by atoms with van der Waals surface area (Å²) in [6.07, 6.45) is 0. The normalized spacial score (nSPS) is 10.1. The van der Waals surface area contributed by atoms with Crippen molar-refractivity contribution >= 4 is 27.5 Å². The van der Waals surface area contributed by atoms with Gasteiger partial charge in [0.1, 0.15) is 0 Å². The lowest BCUT2D eigenvalue weighted by Crippen LogP contribution is -2.11. The number of hydrogen-bond donors (Lipinski definition) is 1. The molecule has 1 amide bonds. The molecule has 0 heterocycles. The molecule has 0 bridgehead atoms. The van der Waals surface area contributed by atoms with Gasteiger partial charge in [0.25, 0.3) is 5.91 Å². The van der Waals surface area contributed by atoms with Crippen LogP contribution in [0, 0.1) is 5.82 Å². The van der Waals surface area contributed by atoms with Gasteiger partial charge < -0.3 is 10.1 Å². The Bertz CT molecular complexity index is 616. The maximum Gasteiger partial charge on any atom is 0.255 e. The molecule has 3 nitrogen and oxygen atoms in total. The Kier molecular flexibility index (Phi) is 4.16. The molecule has 19 heavy (non-hydrogen) atoms. The number of halogens is 2. The molecule has 0 spiro atoms. The van der Waals surface area contributed by atoms with Gasteiger partial charge in [-0.25, -0.2) is 4.39 Å². The predicted octanol–water partition coefficient (Wildman–Crippen LogP) is 3.85. The first-order valence-electron chi connectivity index (χ1n) is 5.50. The number of anilines is 1. The fourth-order valence-corrected chi connectivity index (χ4v) is 1.97. The van der Waals surface area contributed by atoms with E-state index < -0.39 is 5.82 Å². The molecule has 0 aliphatic carbocycles. The van der Waals surface area contributed by atoms with Crippen LogP contribution in [0.25, 0.3) is 0 Å². The molecule has 0 saturated carbocycles. The van der Waals surface area contributed by atoms with Gasteiger partial charge in [-0.15, -0.1) is 0 Å². The van der Waals surface area contributed by atoms with E-state index in [0.717, 1.165) is 4.47 Å². The minimum Gasteiger partial charge on any atom is -0.494 e.